The van der Waals surface area contributed by atoms with E-state index in [2.05, 4.69) is 16.3 Å². The zero-order chi connectivity index (χ0) is 17.5. The summed E-state index contributed by atoms with van der Waals surface area (Å²) in [4.78, 5) is 6.97. The molecule has 0 amide bonds. The Morgan fingerprint density at radius 1 is 1.20 bits per heavy atom. The molecule has 1 aromatic rings. The monoisotopic (exact) mass is 404 g/mol. The van der Waals surface area contributed by atoms with Gasteiger partial charge in [0.1, 0.15) is 19.6 Å². The highest BCUT2D eigenvalue weighted by atomic mass is 35.5. The lowest BCUT2D eigenvalue weighted by atomic mass is 10.3. The van der Waals surface area contributed by atoms with Crippen LogP contribution in [0.1, 0.15) is 11.3 Å². The van der Waals surface area contributed by atoms with E-state index in [1.807, 2.05) is 6.07 Å². The second-order valence-corrected chi connectivity index (χ2v) is 9.00. The normalized spacial score (nSPS) is 20.0. The number of nitrogens with zero attached hydrogens (tertiary/aromatic N) is 1. The fraction of sp³-hybridized carbons (Fsp3) is 0.706. The van der Waals surface area contributed by atoms with Crippen molar-refractivity contribution < 1.29 is 14.5 Å². The smallest absolute Gasteiger partial charge is 0.169 e. The molecule has 0 unspecified atom stereocenters. The number of hydrogen-bond acceptors (Lipinski definition) is 3. The number of ether oxygens (including phenoxy) is 1. The van der Waals surface area contributed by atoms with Crippen LogP contribution in [0.5, 0.6) is 0 Å². The van der Waals surface area contributed by atoms with Gasteiger partial charge in [-0.1, -0.05) is 11.6 Å². The first-order valence-corrected chi connectivity index (χ1v) is 10.8. The number of piperazine rings is 1. The average Bonchev–Trinajstić information content (AvgIpc) is 3.05. The van der Waals surface area contributed by atoms with E-state index < -0.39 is 0 Å². The largest absolute Gasteiger partial charge is 0.370 e. The highest BCUT2D eigenvalue weighted by Gasteiger charge is 2.22. The van der Waals surface area contributed by atoms with Gasteiger partial charge in [-0.15, -0.1) is 11.3 Å². The number of rotatable bonds is 6. The predicted molar refractivity (Wildman–Crippen MR) is 107 cm³/mol. The van der Waals surface area contributed by atoms with E-state index in [0.29, 0.717) is 0 Å². The van der Waals surface area contributed by atoms with E-state index in [1.54, 1.807) is 21.1 Å². The maximum absolute atomic E-state index is 6.02. The molecule has 0 atom stereocenters. The Balaban J connectivity index is 1.28. The number of morpholine rings is 1. The zero-order valence-electron chi connectivity index (χ0n) is 14.7. The Labute approximate surface area is 164 Å². The molecule has 25 heavy (non-hydrogen) atoms. The van der Waals surface area contributed by atoms with Crippen LogP contribution in [0.4, 0.5) is 0 Å². The molecule has 0 bridgehead atoms. The fourth-order valence-corrected chi connectivity index (χ4v) is 4.90. The molecule has 0 radical (unpaired) electrons. The molecule has 2 saturated heterocycles. The number of hydrogen-bond donors (Lipinski definition) is 3. The summed E-state index contributed by atoms with van der Waals surface area (Å²) in [6.07, 6.45) is 1.17. The summed E-state index contributed by atoms with van der Waals surface area (Å²) in [6, 6.07) is 4.14. The minimum atomic E-state index is 0.886. The van der Waals surface area contributed by atoms with E-state index in [0.717, 1.165) is 75.0 Å². The minimum absolute atomic E-state index is 0.886. The summed E-state index contributed by atoms with van der Waals surface area (Å²) in [5.41, 5.74) is 0. The molecule has 3 N–H and O–H groups in total. The Morgan fingerprint density at radius 2 is 1.96 bits per heavy atom. The SMILES string of the molecule is S=C(NCCC[NH+]1CCOCC1)N1CC[NH+](Cc2ccc(Cl)s2)CC1. The van der Waals surface area contributed by atoms with Gasteiger partial charge in [0.05, 0.1) is 55.2 Å². The second-order valence-electron chi connectivity index (χ2n) is 6.82. The van der Waals surface area contributed by atoms with Crippen molar-refractivity contribution in [2.24, 2.45) is 0 Å². The van der Waals surface area contributed by atoms with E-state index in [-0.39, 0.29) is 0 Å². The quantitative estimate of drug-likeness (QED) is 0.432. The molecule has 8 heteroatoms. The molecule has 0 aliphatic carbocycles. The molecule has 3 rings (SSSR count). The lowest BCUT2D eigenvalue weighted by Gasteiger charge is -2.33. The Hall–Kier alpha value is -0.440. The molecule has 3 heterocycles. The molecule has 2 fully saturated rings. The zero-order valence-corrected chi connectivity index (χ0v) is 17.1. The van der Waals surface area contributed by atoms with Gasteiger partial charge in [0.15, 0.2) is 5.11 Å². The van der Waals surface area contributed by atoms with Crippen LogP contribution in [0, 0.1) is 0 Å². The third-order valence-electron chi connectivity index (χ3n) is 4.99. The molecule has 1 aromatic heterocycles. The molecule has 0 spiro atoms. The van der Waals surface area contributed by atoms with Crippen LogP contribution >= 0.6 is 35.2 Å². The molecule has 2 aliphatic rings. The van der Waals surface area contributed by atoms with Crippen molar-refractivity contribution in [1.29, 1.82) is 0 Å². The van der Waals surface area contributed by atoms with Crippen molar-refractivity contribution in [2.75, 3.05) is 65.6 Å². The Bertz CT molecular complexity index is 543. The van der Waals surface area contributed by atoms with Crippen LogP contribution in [0.3, 0.4) is 0 Å². The molecule has 140 valence electrons. The van der Waals surface area contributed by atoms with Crippen LogP contribution in [0.15, 0.2) is 12.1 Å². The number of thiocarbonyl (C=S) groups is 1. The highest BCUT2D eigenvalue weighted by molar-refractivity contribution is 7.80. The van der Waals surface area contributed by atoms with E-state index in [9.17, 15) is 0 Å². The molecule has 2 aliphatic heterocycles. The van der Waals surface area contributed by atoms with E-state index in [1.165, 1.54) is 17.8 Å². The van der Waals surface area contributed by atoms with Gasteiger partial charge in [-0.25, -0.2) is 0 Å². The number of halogens is 1. The van der Waals surface area contributed by atoms with Crippen molar-refractivity contribution in [2.45, 2.75) is 13.0 Å². The van der Waals surface area contributed by atoms with Crippen LogP contribution < -0.4 is 15.1 Å². The maximum Gasteiger partial charge on any atom is 0.169 e. The van der Waals surface area contributed by atoms with E-state index >= 15 is 0 Å². The first-order chi connectivity index (χ1) is 12.2. The third kappa shape index (κ3) is 6.34. The van der Waals surface area contributed by atoms with Gasteiger partial charge < -0.3 is 24.8 Å². The Morgan fingerprint density at radius 3 is 2.64 bits per heavy atom. The van der Waals surface area contributed by atoms with Gasteiger partial charge in [-0.2, -0.15) is 0 Å². The summed E-state index contributed by atoms with van der Waals surface area (Å²) >= 11 is 13.3. The topological polar surface area (TPSA) is 33.4 Å². The summed E-state index contributed by atoms with van der Waals surface area (Å²) in [5, 5.41) is 4.37. The van der Waals surface area contributed by atoms with Crippen molar-refractivity contribution >= 4 is 40.3 Å². The maximum atomic E-state index is 6.02. The van der Waals surface area contributed by atoms with Gasteiger partial charge in [0.25, 0.3) is 0 Å². The van der Waals surface area contributed by atoms with Crippen LogP contribution in [0.25, 0.3) is 0 Å². The minimum Gasteiger partial charge on any atom is -0.370 e. The summed E-state index contributed by atoms with van der Waals surface area (Å²) in [6.45, 7) is 11.7. The molecular weight excluding hydrogens is 376 g/mol. The molecule has 0 saturated carbocycles. The molecule has 0 aromatic carbocycles. The fourth-order valence-electron chi connectivity index (χ4n) is 3.45. The van der Waals surface area contributed by atoms with Crippen molar-refractivity contribution in [3.8, 4) is 0 Å². The highest BCUT2D eigenvalue weighted by Crippen LogP contribution is 2.20. The van der Waals surface area contributed by atoms with Crippen LogP contribution in [-0.2, 0) is 11.3 Å². The second kappa shape index (κ2) is 10.0. The van der Waals surface area contributed by atoms with Gasteiger partial charge >= 0.3 is 0 Å². The van der Waals surface area contributed by atoms with Gasteiger partial charge in [-0.3, -0.25) is 0 Å². The lowest BCUT2D eigenvalue weighted by Crippen LogP contribution is -3.14. The van der Waals surface area contributed by atoms with Crippen molar-refractivity contribution in [3.05, 3.63) is 21.3 Å². The predicted octanol–water partition coefficient (Wildman–Crippen LogP) is -0.718. The standard InChI is InChI=1S/C17H27ClN4OS2/c18-16-3-2-15(25-16)14-21-6-8-22(9-7-21)17(24)19-4-1-5-20-10-12-23-13-11-20/h2-3H,1,4-14H2,(H,19,24)/p+2. The number of nitrogens with one attached hydrogen (secondary N) is 3. The Kier molecular flexibility index (Phi) is 7.76. The first-order valence-electron chi connectivity index (χ1n) is 9.22. The van der Waals surface area contributed by atoms with Crippen LogP contribution in [0.2, 0.25) is 4.34 Å². The summed E-state index contributed by atoms with van der Waals surface area (Å²) in [7, 11) is 0. The average molecular weight is 405 g/mol. The third-order valence-corrected chi connectivity index (χ3v) is 6.63. The van der Waals surface area contributed by atoms with Crippen molar-refractivity contribution in [1.82, 2.24) is 10.2 Å². The number of thiophene rings is 1. The first kappa shape index (κ1) is 19.3. The molecular formula is C17H29ClN4OS2+2. The lowest BCUT2D eigenvalue weighted by molar-refractivity contribution is -0.917. The van der Waals surface area contributed by atoms with Gasteiger partial charge in [-0.05, 0) is 24.4 Å². The molecule has 5 nitrogen and oxygen atoms in total. The van der Waals surface area contributed by atoms with Crippen LogP contribution in [-0.4, -0.2) is 75.6 Å². The summed E-state index contributed by atoms with van der Waals surface area (Å²) in [5.74, 6) is 0. The number of quaternary nitrogens is 2. The van der Waals surface area contributed by atoms with Gasteiger partial charge in [0.2, 0.25) is 0 Å². The van der Waals surface area contributed by atoms with Crippen molar-refractivity contribution in [3.63, 3.8) is 0 Å². The summed E-state index contributed by atoms with van der Waals surface area (Å²) < 4.78 is 6.29. The van der Waals surface area contributed by atoms with Gasteiger partial charge in [0, 0.05) is 13.0 Å². The van der Waals surface area contributed by atoms with E-state index in [4.69, 9.17) is 28.6 Å².